The number of aryl methyl sites for hydroxylation is 1. The van der Waals surface area contributed by atoms with Gasteiger partial charge in [-0.15, -0.1) is 0 Å². The normalized spacial score (nSPS) is 18.7. The van der Waals surface area contributed by atoms with Gasteiger partial charge in [-0.1, -0.05) is 36.4 Å². The lowest BCUT2D eigenvalue weighted by molar-refractivity contribution is 0.115. The molecular formula is C25H26FN3O2. The van der Waals surface area contributed by atoms with Crippen molar-refractivity contribution in [1.29, 1.82) is 0 Å². The second-order valence-corrected chi connectivity index (χ2v) is 7.92. The van der Waals surface area contributed by atoms with Gasteiger partial charge in [-0.3, -0.25) is 0 Å². The summed E-state index contributed by atoms with van der Waals surface area (Å²) in [7, 11) is 0. The fourth-order valence-corrected chi connectivity index (χ4v) is 4.17. The Kier molecular flexibility index (Phi) is 5.89. The molecule has 3 aromatic rings. The summed E-state index contributed by atoms with van der Waals surface area (Å²) in [5.74, 6) is -0.164. The predicted molar refractivity (Wildman–Crippen MR) is 118 cm³/mol. The number of alkyl carbamates (subject to hydrolysis) is 1. The number of carbonyl (C=O) groups is 1. The van der Waals surface area contributed by atoms with Crippen LogP contribution in [0, 0.1) is 19.7 Å². The van der Waals surface area contributed by atoms with Gasteiger partial charge in [0.05, 0.1) is 17.4 Å². The molecular weight excluding hydrogens is 393 g/mol. The van der Waals surface area contributed by atoms with Crippen molar-refractivity contribution in [3.8, 4) is 5.69 Å². The van der Waals surface area contributed by atoms with E-state index in [1.807, 2.05) is 61.9 Å². The summed E-state index contributed by atoms with van der Waals surface area (Å²) in [6, 6.07) is 15.9. The van der Waals surface area contributed by atoms with E-state index in [1.54, 1.807) is 12.1 Å². The van der Waals surface area contributed by atoms with Crippen LogP contribution in [0.1, 0.15) is 47.8 Å². The highest BCUT2D eigenvalue weighted by Crippen LogP contribution is 2.35. The molecule has 0 aliphatic heterocycles. The number of nitrogens with one attached hydrogen (secondary N) is 1. The van der Waals surface area contributed by atoms with Crippen LogP contribution in [0.4, 0.5) is 9.18 Å². The van der Waals surface area contributed by atoms with Gasteiger partial charge >= 0.3 is 6.09 Å². The molecule has 1 aliphatic carbocycles. The van der Waals surface area contributed by atoms with Crippen molar-refractivity contribution in [2.75, 3.05) is 0 Å². The second-order valence-electron chi connectivity index (χ2n) is 7.92. The highest BCUT2D eigenvalue weighted by atomic mass is 19.1. The van der Waals surface area contributed by atoms with Crippen molar-refractivity contribution in [2.45, 2.75) is 45.3 Å². The third-order valence-corrected chi connectivity index (χ3v) is 5.73. The Morgan fingerprint density at radius 2 is 1.84 bits per heavy atom. The minimum absolute atomic E-state index is 0.110. The van der Waals surface area contributed by atoms with E-state index in [0.29, 0.717) is 6.42 Å². The van der Waals surface area contributed by atoms with Crippen molar-refractivity contribution in [2.24, 2.45) is 0 Å². The lowest BCUT2D eigenvalue weighted by Gasteiger charge is -2.18. The Morgan fingerprint density at radius 3 is 2.55 bits per heavy atom. The molecule has 0 unspecified atom stereocenters. The fourth-order valence-electron chi connectivity index (χ4n) is 4.17. The van der Waals surface area contributed by atoms with Gasteiger partial charge in [0, 0.05) is 17.2 Å². The van der Waals surface area contributed by atoms with Gasteiger partial charge in [0.1, 0.15) is 11.9 Å². The van der Waals surface area contributed by atoms with E-state index in [1.165, 1.54) is 12.1 Å². The molecule has 1 aliphatic rings. The Morgan fingerprint density at radius 1 is 1.13 bits per heavy atom. The van der Waals surface area contributed by atoms with E-state index in [0.717, 1.165) is 28.2 Å². The molecule has 1 heterocycles. The predicted octanol–water partition coefficient (Wildman–Crippen LogP) is 5.53. The number of rotatable bonds is 5. The number of hydrogen-bond acceptors (Lipinski definition) is 3. The first-order valence-electron chi connectivity index (χ1n) is 10.4. The maximum Gasteiger partial charge on any atom is 0.408 e. The van der Waals surface area contributed by atoms with E-state index in [2.05, 4.69) is 16.5 Å². The quantitative estimate of drug-likeness (QED) is 0.554. The maximum atomic E-state index is 13.3. The molecule has 0 fully saturated rings. The first kappa shape index (κ1) is 20.8. The van der Waals surface area contributed by atoms with Crippen LogP contribution in [0.15, 0.2) is 66.7 Å². The molecule has 160 valence electrons. The first-order chi connectivity index (χ1) is 14.9. The van der Waals surface area contributed by atoms with Gasteiger partial charge in [-0.25, -0.2) is 13.9 Å². The van der Waals surface area contributed by atoms with E-state index in [4.69, 9.17) is 4.74 Å². The highest BCUT2D eigenvalue weighted by molar-refractivity contribution is 5.68. The Balaban J connectivity index is 1.41. The maximum absolute atomic E-state index is 13.3. The van der Waals surface area contributed by atoms with E-state index in [-0.39, 0.29) is 23.9 Å². The number of allylic oxidation sites excluding steroid dienone is 1. The third kappa shape index (κ3) is 4.53. The van der Waals surface area contributed by atoms with E-state index in [9.17, 15) is 9.18 Å². The van der Waals surface area contributed by atoms with Crippen LogP contribution in [0.25, 0.3) is 5.69 Å². The molecule has 5 nitrogen and oxygen atoms in total. The van der Waals surface area contributed by atoms with Crippen LogP contribution >= 0.6 is 0 Å². The number of benzene rings is 2. The van der Waals surface area contributed by atoms with Crippen molar-refractivity contribution >= 4 is 6.09 Å². The topological polar surface area (TPSA) is 56.2 Å². The largest absolute Gasteiger partial charge is 0.442 e. The first-order valence-corrected chi connectivity index (χ1v) is 10.4. The summed E-state index contributed by atoms with van der Waals surface area (Å²) in [4.78, 5) is 12.4. The minimum atomic E-state index is -0.429. The average Bonchev–Trinajstić information content (AvgIpc) is 3.32. The zero-order valence-electron chi connectivity index (χ0n) is 17.9. The van der Waals surface area contributed by atoms with Crippen LogP contribution < -0.4 is 5.32 Å². The zero-order chi connectivity index (χ0) is 22.0. The number of nitrogens with zero attached hydrogens (tertiary/aromatic N) is 2. The molecule has 1 N–H and O–H groups in total. The molecule has 6 heteroatoms. The minimum Gasteiger partial charge on any atom is -0.442 e. The van der Waals surface area contributed by atoms with Crippen molar-refractivity contribution in [1.82, 2.24) is 15.1 Å². The second kappa shape index (κ2) is 8.76. The van der Waals surface area contributed by atoms with Gasteiger partial charge in [0.2, 0.25) is 0 Å². The number of amides is 1. The summed E-state index contributed by atoms with van der Waals surface area (Å²) in [6.45, 7) is 5.91. The van der Waals surface area contributed by atoms with Crippen LogP contribution in [0.5, 0.6) is 0 Å². The summed E-state index contributed by atoms with van der Waals surface area (Å²) in [6.07, 6.45) is 3.96. The molecule has 0 saturated heterocycles. The SMILES string of the molecule is Cc1nn(-c2ccc(F)cc2)c(C)c1[C@H]1C=C[C@@H](OC(=O)N[C@H](C)c2ccccc2)C1. The Bertz CT molecular complexity index is 1090. The number of halogens is 1. The Labute approximate surface area is 181 Å². The molecule has 0 spiro atoms. The molecule has 1 aromatic heterocycles. The number of hydrogen-bond donors (Lipinski definition) is 1. The van der Waals surface area contributed by atoms with Gasteiger partial charge in [-0.2, -0.15) is 5.10 Å². The smallest absolute Gasteiger partial charge is 0.408 e. The average molecular weight is 420 g/mol. The van der Waals surface area contributed by atoms with Crippen molar-refractivity contribution < 1.29 is 13.9 Å². The van der Waals surface area contributed by atoms with Gasteiger partial charge < -0.3 is 10.1 Å². The summed E-state index contributed by atoms with van der Waals surface area (Å²) >= 11 is 0. The molecule has 0 radical (unpaired) electrons. The van der Waals surface area contributed by atoms with E-state index >= 15 is 0 Å². The lowest BCUT2D eigenvalue weighted by atomic mass is 9.96. The van der Waals surface area contributed by atoms with Gasteiger partial charge in [0.25, 0.3) is 0 Å². The molecule has 0 saturated carbocycles. The van der Waals surface area contributed by atoms with Gasteiger partial charge in [0.15, 0.2) is 0 Å². The number of aromatic nitrogens is 2. The Hall–Kier alpha value is -3.41. The number of carbonyl (C=O) groups excluding carboxylic acids is 1. The highest BCUT2D eigenvalue weighted by Gasteiger charge is 2.28. The van der Waals surface area contributed by atoms with Crippen LogP contribution in [-0.2, 0) is 4.74 Å². The van der Waals surface area contributed by atoms with E-state index < -0.39 is 6.09 Å². The molecule has 4 rings (SSSR count). The molecule has 3 atom stereocenters. The lowest BCUT2D eigenvalue weighted by Crippen LogP contribution is -2.30. The third-order valence-electron chi connectivity index (χ3n) is 5.73. The molecule has 0 bridgehead atoms. The summed E-state index contributed by atoms with van der Waals surface area (Å²) in [5, 5.41) is 7.54. The van der Waals surface area contributed by atoms with Crippen molar-refractivity contribution in [3.05, 3.63) is 95.1 Å². The molecule has 31 heavy (non-hydrogen) atoms. The standard InChI is InChI=1S/C25H26FN3O2/c1-16(19-7-5-4-6-8-19)27-25(30)31-23-14-9-20(15-23)24-17(2)28-29(18(24)3)22-12-10-21(26)11-13-22/h4-14,16,20,23H,15H2,1-3H3,(H,27,30)/t16-,20+,23-/m1/s1. The van der Waals surface area contributed by atoms with Crippen LogP contribution in [0.2, 0.25) is 0 Å². The number of ether oxygens (including phenoxy) is 1. The summed E-state index contributed by atoms with van der Waals surface area (Å²) < 4.78 is 20.7. The van der Waals surface area contributed by atoms with Gasteiger partial charge in [-0.05, 0) is 63.1 Å². The van der Waals surface area contributed by atoms with Crippen LogP contribution in [-0.4, -0.2) is 22.0 Å². The monoisotopic (exact) mass is 419 g/mol. The van der Waals surface area contributed by atoms with Crippen LogP contribution in [0.3, 0.4) is 0 Å². The zero-order valence-corrected chi connectivity index (χ0v) is 17.9. The summed E-state index contributed by atoms with van der Waals surface area (Å²) in [5.41, 5.74) is 4.88. The molecule has 1 amide bonds. The molecule has 2 aromatic carbocycles. The van der Waals surface area contributed by atoms with Crippen molar-refractivity contribution in [3.63, 3.8) is 0 Å². The fraction of sp³-hybridized carbons (Fsp3) is 0.280.